The lowest BCUT2D eigenvalue weighted by molar-refractivity contribution is 0.227. The highest BCUT2D eigenvalue weighted by atomic mass is 15.2. The van der Waals surface area contributed by atoms with Crippen LogP contribution in [0.5, 0.6) is 0 Å². The number of nitrogens with zero attached hydrogens (tertiary/aromatic N) is 1. The van der Waals surface area contributed by atoms with Crippen molar-refractivity contribution in [3.8, 4) is 0 Å². The van der Waals surface area contributed by atoms with Gasteiger partial charge in [-0.05, 0) is 19.9 Å². The molecule has 0 radical (unpaired) electrons. The quantitative estimate of drug-likeness (QED) is 0.578. The Bertz CT molecular complexity index is 138. The Morgan fingerprint density at radius 3 is 1.57 bits per heavy atom. The molecule has 0 fully saturated rings. The second-order valence-electron chi connectivity index (χ2n) is 3.53. The molecule has 0 bridgehead atoms. The van der Waals surface area contributed by atoms with E-state index in [2.05, 4.69) is 44.9 Å². The molecule has 0 aromatic carbocycles. The summed E-state index contributed by atoms with van der Waals surface area (Å²) in [6, 6.07) is 1.29. The zero-order chi connectivity index (χ0) is 11.7. The van der Waals surface area contributed by atoms with Gasteiger partial charge in [-0.3, -0.25) is 4.90 Å². The molecule has 0 aromatic rings. The van der Waals surface area contributed by atoms with Crippen LogP contribution in [-0.2, 0) is 0 Å². The molecule has 14 heavy (non-hydrogen) atoms. The van der Waals surface area contributed by atoms with Crippen molar-refractivity contribution >= 4 is 0 Å². The SMILES string of the molecule is CC.CC.CC(C)C1C=CC(C)N1C. The Kier molecular flexibility index (Phi) is 10.7. The minimum atomic E-state index is 0.632. The number of rotatable bonds is 1. The first-order valence-corrected chi connectivity index (χ1v) is 6.03. The second kappa shape index (κ2) is 9.26. The third kappa shape index (κ3) is 4.80. The number of hydrogen-bond acceptors (Lipinski definition) is 1. The van der Waals surface area contributed by atoms with Crippen LogP contribution < -0.4 is 0 Å². The van der Waals surface area contributed by atoms with E-state index in [4.69, 9.17) is 0 Å². The fraction of sp³-hybridized carbons (Fsp3) is 0.846. The van der Waals surface area contributed by atoms with Gasteiger partial charge >= 0.3 is 0 Å². The van der Waals surface area contributed by atoms with Gasteiger partial charge in [-0.25, -0.2) is 0 Å². The summed E-state index contributed by atoms with van der Waals surface area (Å²) in [7, 11) is 2.19. The first-order valence-electron chi connectivity index (χ1n) is 6.03. The van der Waals surface area contributed by atoms with Crippen LogP contribution in [0.15, 0.2) is 12.2 Å². The predicted octanol–water partition coefficient (Wildman–Crippen LogP) is 3.95. The number of likely N-dealkylation sites (N-methyl/N-ethyl adjacent to an activating group) is 1. The van der Waals surface area contributed by atoms with Crippen molar-refractivity contribution in [2.24, 2.45) is 5.92 Å². The Hall–Kier alpha value is -0.300. The molecule has 0 aliphatic carbocycles. The van der Waals surface area contributed by atoms with Gasteiger partial charge in [0.2, 0.25) is 0 Å². The second-order valence-corrected chi connectivity index (χ2v) is 3.53. The van der Waals surface area contributed by atoms with E-state index in [9.17, 15) is 0 Å². The maximum atomic E-state index is 2.41. The molecule has 1 aliphatic heterocycles. The van der Waals surface area contributed by atoms with Crippen molar-refractivity contribution in [2.45, 2.75) is 60.5 Å². The van der Waals surface area contributed by atoms with Crippen LogP contribution in [0.2, 0.25) is 0 Å². The van der Waals surface area contributed by atoms with Gasteiger partial charge in [0.25, 0.3) is 0 Å². The molecule has 1 aliphatic rings. The Balaban J connectivity index is 0. The third-order valence-electron chi connectivity index (χ3n) is 2.38. The summed E-state index contributed by atoms with van der Waals surface area (Å²) in [5.74, 6) is 0.742. The van der Waals surface area contributed by atoms with Crippen molar-refractivity contribution in [3.63, 3.8) is 0 Å². The summed E-state index contributed by atoms with van der Waals surface area (Å²) in [6.07, 6.45) is 4.60. The van der Waals surface area contributed by atoms with Crippen LogP contribution >= 0.6 is 0 Å². The molecule has 1 nitrogen and oxygen atoms in total. The lowest BCUT2D eigenvalue weighted by atomic mass is 10.1. The predicted molar refractivity (Wildman–Crippen MR) is 67.7 cm³/mol. The van der Waals surface area contributed by atoms with E-state index >= 15 is 0 Å². The Labute approximate surface area is 91.2 Å². The van der Waals surface area contributed by atoms with E-state index < -0.39 is 0 Å². The molecule has 1 heterocycles. The zero-order valence-electron chi connectivity index (χ0n) is 11.3. The average molecular weight is 199 g/mol. The van der Waals surface area contributed by atoms with Crippen LogP contribution in [0.4, 0.5) is 0 Å². The fourth-order valence-corrected chi connectivity index (χ4v) is 1.51. The normalized spacial score (nSPS) is 25.2. The highest BCUT2D eigenvalue weighted by molar-refractivity contribution is 5.08. The summed E-state index contributed by atoms with van der Waals surface area (Å²) in [5, 5.41) is 0. The van der Waals surface area contributed by atoms with Crippen LogP contribution in [-0.4, -0.2) is 24.0 Å². The molecule has 2 atom stereocenters. The highest BCUT2D eigenvalue weighted by Crippen LogP contribution is 2.19. The monoisotopic (exact) mass is 199 g/mol. The molecule has 86 valence electrons. The average Bonchev–Trinajstić information content (AvgIpc) is 2.54. The largest absolute Gasteiger partial charge is 0.294 e. The molecule has 0 saturated carbocycles. The molecule has 0 N–H and O–H groups in total. The topological polar surface area (TPSA) is 3.24 Å². The highest BCUT2D eigenvalue weighted by Gasteiger charge is 2.23. The van der Waals surface area contributed by atoms with E-state index in [1.54, 1.807) is 0 Å². The van der Waals surface area contributed by atoms with Gasteiger partial charge < -0.3 is 0 Å². The van der Waals surface area contributed by atoms with E-state index in [1.165, 1.54) is 0 Å². The van der Waals surface area contributed by atoms with Crippen LogP contribution in [0, 0.1) is 5.92 Å². The van der Waals surface area contributed by atoms with Crippen molar-refractivity contribution in [1.82, 2.24) is 4.90 Å². The minimum absolute atomic E-state index is 0.632. The van der Waals surface area contributed by atoms with Gasteiger partial charge in [-0.15, -0.1) is 0 Å². The zero-order valence-corrected chi connectivity index (χ0v) is 11.3. The molecule has 0 saturated heterocycles. The minimum Gasteiger partial charge on any atom is -0.294 e. The summed E-state index contributed by atoms with van der Waals surface area (Å²) in [6.45, 7) is 14.8. The van der Waals surface area contributed by atoms with Gasteiger partial charge in [0.15, 0.2) is 0 Å². The molecule has 0 amide bonds. The molecule has 1 heteroatoms. The molecular weight excluding hydrogens is 170 g/mol. The van der Waals surface area contributed by atoms with Crippen LogP contribution in [0.3, 0.4) is 0 Å². The van der Waals surface area contributed by atoms with Crippen LogP contribution in [0.25, 0.3) is 0 Å². The maximum absolute atomic E-state index is 2.41. The van der Waals surface area contributed by atoms with Gasteiger partial charge in [-0.2, -0.15) is 0 Å². The maximum Gasteiger partial charge on any atom is 0.0304 e. The smallest absolute Gasteiger partial charge is 0.0304 e. The van der Waals surface area contributed by atoms with Gasteiger partial charge in [-0.1, -0.05) is 53.7 Å². The Morgan fingerprint density at radius 2 is 1.43 bits per heavy atom. The first kappa shape index (κ1) is 16.1. The lowest BCUT2D eigenvalue weighted by Gasteiger charge is -2.26. The van der Waals surface area contributed by atoms with Gasteiger partial charge in [0.05, 0.1) is 0 Å². The molecular formula is C13H29N. The summed E-state index contributed by atoms with van der Waals surface area (Å²) in [4.78, 5) is 2.41. The standard InChI is InChI=1S/C9H17N.2C2H6/c1-7(2)9-6-5-8(3)10(9)4;2*1-2/h5-9H,1-4H3;2*1-2H3. The Morgan fingerprint density at radius 1 is 1.00 bits per heavy atom. The van der Waals surface area contributed by atoms with Crippen LogP contribution in [0.1, 0.15) is 48.5 Å². The molecule has 2 unspecified atom stereocenters. The van der Waals surface area contributed by atoms with E-state index in [-0.39, 0.29) is 0 Å². The number of hydrogen-bond donors (Lipinski definition) is 0. The van der Waals surface area contributed by atoms with Crippen molar-refractivity contribution in [2.75, 3.05) is 7.05 Å². The fourth-order valence-electron chi connectivity index (χ4n) is 1.51. The summed E-state index contributed by atoms with van der Waals surface area (Å²) < 4.78 is 0. The summed E-state index contributed by atoms with van der Waals surface area (Å²) in [5.41, 5.74) is 0. The first-order chi connectivity index (χ1) is 6.63. The summed E-state index contributed by atoms with van der Waals surface area (Å²) >= 11 is 0. The molecule has 1 rings (SSSR count). The van der Waals surface area contributed by atoms with E-state index in [0.717, 1.165) is 5.92 Å². The molecule has 0 spiro atoms. The van der Waals surface area contributed by atoms with Crippen molar-refractivity contribution in [1.29, 1.82) is 0 Å². The third-order valence-corrected chi connectivity index (χ3v) is 2.38. The van der Waals surface area contributed by atoms with E-state index in [0.29, 0.717) is 12.1 Å². The van der Waals surface area contributed by atoms with Gasteiger partial charge in [0.1, 0.15) is 0 Å². The molecule has 0 aromatic heterocycles. The lowest BCUT2D eigenvalue weighted by Crippen LogP contribution is -2.34. The van der Waals surface area contributed by atoms with Gasteiger partial charge in [0, 0.05) is 12.1 Å². The van der Waals surface area contributed by atoms with Crippen molar-refractivity contribution < 1.29 is 0 Å². The van der Waals surface area contributed by atoms with E-state index in [1.807, 2.05) is 27.7 Å². The van der Waals surface area contributed by atoms with Crippen molar-refractivity contribution in [3.05, 3.63) is 12.2 Å².